The molecule has 0 spiro atoms. The smallest absolute Gasteiger partial charge is 0.306 e. The summed E-state index contributed by atoms with van der Waals surface area (Å²) in [6, 6.07) is 0. The van der Waals surface area contributed by atoms with Gasteiger partial charge in [0.15, 0.2) is 0 Å². The van der Waals surface area contributed by atoms with Gasteiger partial charge in [0.05, 0.1) is 6.42 Å². The van der Waals surface area contributed by atoms with Crippen molar-refractivity contribution < 1.29 is 9.53 Å². The van der Waals surface area contributed by atoms with Crippen molar-refractivity contribution in [2.24, 2.45) is 0 Å². The van der Waals surface area contributed by atoms with Crippen LogP contribution in [0.4, 0.5) is 0 Å². The van der Waals surface area contributed by atoms with Gasteiger partial charge in [0.25, 0.3) is 0 Å². The number of rotatable bonds is 3. The Bertz CT molecular complexity index is 134. The molecule has 0 aliphatic carbocycles. The number of thiol groups is 1. The maximum atomic E-state index is 10.6. The van der Waals surface area contributed by atoms with Gasteiger partial charge in [0, 0.05) is 5.75 Å². The molecule has 6 heteroatoms. The van der Waals surface area contributed by atoms with Crippen LogP contribution in [0.25, 0.3) is 0 Å². The van der Waals surface area contributed by atoms with Gasteiger partial charge in [-0.25, -0.2) is 0 Å². The monoisotopic (exact) mass is 236 g/mol. The van der Waals surface area contributed by atoms with Gasteiger partial charge >= 0.3 is 5.97 Å². The van der Waals surface area contributed by atoms with E-state index >= 15 is 0 Å². The Kier molecular flexibility index (Phi) is 5.69. The third-order valence-electron chi connectivity index (χ3n) is 0.713. The molecule has 2 nitrogen and oxygen atoms in total. The van der Waals surface area contributed by atoms with Crippen molar-refractivity contribution in [3.05, 3.63) is 0 Å². The first-order valence-electron chi connectivity index (χ1n) is 2.79. The van der Waals surface area contributed by atoms with Crippen molar-refractivity contribution in [2.75, 3.05) is 12.4 Å². The highest BCUT2D eigenvalue weighted by atomic mass is 35.6. The lowest BCUT2D eigenvalue weighted by Crippen LogP contribution is -2.17. The van der Waals surface area contributed by atoms with Crippen molar-refractivity contribution in [3.63, 3.8) is 0 Å². The zero-order valence-corrected chi connectivity index (χ0v) is 8.68. The summed E-state index contributed by atoms with van der Waals surface area (Å²) in [7, 11) is 0. The van der Waals surface area contributed by atoms with E-state index in [0.717, 1.165) is 0 Å². The molecule has 0 saturated carbocycles. The van der Waals surface area contributed by atoms with Crippen LogP contribution in [0.15, 0.2) is 0 Å². The molecule has 0 aliphatic heterocycles. The molecule has 66 valence electrons. The van der Waals surface area contributed by atoms with E-state index < -0.39 is 9.76 Å². The molecule has 0 aromatic carbocycles. The number of esters is 1. The van der Waals surface area contributed by atoms with Crippen LogP contribution in [0.3, 0.4) is 0 Å². The number of halogens is 3. The highest BCUT2D eigenvalue weighted by Crippen LogP contribution is 2.25. The minimum absolute atomic E-state index is 0.218. The van der Waals surface area contributed by atoms with Crippen LogP contribution in [-0.2, 0) is 9.53 Å². The normalized spacial score (nSPS) is 11.3. The summed E-state index contributed by atoms with van der Waals surface area (Å²) in [5.74, 6) is 0.0184. The predicted molar refractivity (Wildman–Crippen MR) is 49.7 cm³/mol. The number of hydrogen-bond donors (Lipinski definition) is 1. The number of hydrogen-bond acceptors (Lipinski definition) is 3. The molecule has 0 atom stereocenters. The van der Waals surface area contributed by atoms with Crippen molar-refractivity contribution >= 4 is 53.4 Å². The number of alkyl halides is 3. The summed E-state index contributed by atoms with van der Waals surface area (Å²) in [4.78, 5) is 10.6. The molecule has 0 fully saturated rings. The van der Waals surface area contributed by atoms with Gasteiger partial charge in [-0.05, 0) is 0 Å². The fraction of sp³-hybridized carbons (Fsp3) is 0.800. The molecule has 0 amide bonds. The SMILES string of the molecule is O=C(CCS)OCC(Cl)(Cl)Cl. The van der Waals surface area contributed by atoms with E-state index in [9.17, 15) is 4.79 Å². The highest BCUT2D eigenvalue weighted by Gasteiger charge is 2.21. The van der Waals surface area contributed by atoms with E-state index in [-0.39, 0.29) is 13.0 Å². The third-order valence-corrected chi connectivity index (χ3v) is 1.26. The fourth-order valence-corrected chi connectivity index (χ4v) is 0.672. The van der Waals surface area contributed by atoms with Crippen LogP contribution in [0.2, 0.25) is 0 Å². The van der Waals surface area contributed by atoms with Gasteiger partial charge in [-0.2, -0.15) is 12.6 Å². The van der Waals surface area contributed by atoms with Gasteiger partial charge in [-0.15, -0.1) is 0 Å². The van der Waals surface area contributed by atoms with Gasteiger partial charge in [0.1, 0.15) is 6.61 Å². The van der Waals surface area contributed by atoms with Crippen LogP contribution in [0, 0.1) is 0 Å². The van der Waals surface area contributed by atoms with Crippen LogP contribution in [0.5, 0.6) is 0 Å². The lowest BCUT2D eigenvalue weighted by molar-refractivity contribution is -0.142. The maximum absolute atomic E-state index is 10.6. The first kappa shape index (κ1) is 11.7. The van der Waals surface area contributed by atoms with Crippen LogP contribution in [0.1, 0.15) is 6.42 Å². The van der Waals surface area contributed by atoms with Crippen molar-refractivity contribution in [2.45, 2.75) is 10.2 Å². The van der Waals surface area contributed by atoms with Crippen molar-refractivity contribution in [1.82, 2.24) is 0 Å². The number of carbonyl (C=O) groups is 1. The second-order valence-electron chi connectivity index (χ2n) is 1.75. The maximum Gasteiger partial charge on any atom is 0.306 e. The molecular weight excluding hydrogens is 230 g/mol. The molecule has 11 heavy (non-hydrogen) atoms. The van der Waals surface area contributed by atoms with Crippen LogP contribution >= 0.6 is 47.4 Å². The third kappa shape index (κ3) is 8.60. The van der Waals surface area contributed by atoms with E-state index in [1.807, 2.05) is 0 Å². The summed E-state index contributed by atoms with van der Waals surface area (Å²) < 4.78 is 3.04. The molecule has 0 aliphatic rings. The molecule has 0 radical (unpaired) electrons. The average molecular weight is 238 g/mol. The van der Waals surface area contributed by atoms with Crippen molar-refractivity contribution in [1.29, 1.82) is 0 Å². The zero-order chi connectivity index (χ0) is 8.91. The summed E-state index contributed by atoms with van der Waals surface area (Å²) in [6.07, 6.45) is 0.226. The predicted octanol–water partition coefficient (Wildman–Crippen LogP) is 2.22. The average Bonchev–Trinajstić information content (AvgIpc) is 1.83. The molecule has 0 saturated heterocycles. The number of ether oxygens (including phenoxy) is 1. The molecule has 0 aromatic rings. The van der Waals surface area contributed by atoms with Crippen LogP contribution in [-0.4, -0.2) is 22.1 Å². The van der Waals surface area contributed by atoms with Crippen LogP contribution < -0.4 is 0 Å². The fourth-order valence-electron chi connectivity index (χ4n) is 0.326. The molecule has 0 bridgehead atoms. The molecule has 0 aromatic heterocycles. The Balaban J connectivity index is 3.46. The van der Waals surface area contributed by atoms with E-state index in [1.165, 1.54) is 0 Å². The summed E-state index contributed by atoms with van der Waals surface area (Å²) in [5.41, 5.74) is 0. The second kappa shape index (κ2) is 5.36. The van der Waals surface area contributed by atoms with Gasteiger partial charge < -0.3 is 4.74 Å². The van der Waals surface area contributed by atoms with E-state index in [0.29, 0.717) is 5.75 Å². The Labute approximate surface area is 85.5 Å². The van der Waals surface area contributed by atoms with Gasteiger partial charge in [-0.1, -0.05) is 34.8 Å². The van der Waals surface area contributed by atoms with E-state index in [1.54, 1.807) is 0 Å². The summed E-state index contributed by atoms with van der Waals surface area (Å²) >= 11 is 19.8. The lowest BCUT2D eigenvalue weighted by Gasteiger charge is -2.10. The number of carbonyl (C=O) groups excluding carboxylic acids is 1. The Morgan fingerprint density at radius 1 is 1.45 bits per heavy atom. The summed E-state index contributed by atoms with van der Waals surface area (Å²) in [5, 5.41) is 0. The minimum Gasteiger partial charge on any atom is -0.461 e. The Morgan fingerprint density at radius 3 is 2.36 bits per heavy atom. The van der Waals surface area contributed by atoms with Crippen molar-refractivity contribution in [3.8, 4) is 0 Å². The van der Waals surface area contributed by atoms with Gasteiger partial charge in [-0.3, -0.25) is 4.79 Å². The molecular formula is C5H7Cl3O2S. The first-order chi connectivity index (χ1) is 4.95. The largest absolute Gasteiger partial charge is 0.461 e. The molecule has 0 unspecified atom stereocenters. The molecule has 0 rings (SSSR count). The summed E-state index contributed by atoms with van der Waals surface area (Å²) in [6.45, 7) is -0.218. The molecule has 0 heterocycles. The zero-order valence-electron chi connectivity index (χ0n) is 5.52. The van der Waals surface area contributed by atoms with E-state index in [2.05, 4.69) is 17.4 Å². The topological polar surface area (TPSA) is 26.3 Å². The highest BCUT2D eigenvalue weighted by molar-refractivity contribution is 7.80. The minimum atomic E-state index is -1.52. The lowest BCUT2D eigenvalue weighted by atomic mass is 10.5. The molecule has 0 N–H and O–H groups in total. The Morgan fingerprint density at radius 2 is 2.00 bits per heavy atom. The second-order valence-corrected chi connectivity index (χ2v) is 4.71. The Hall–Kier alpha value is 0.690. The van der Waals surface area contributed by atoms with E-state index in [4.69, 9.17) is 34.8 Å². The quantitative estimate of drug-likeness (QED) is 0.463. The standard InChI is InChI=1S/C5H7Cl3O2S/c6-5(7,8)3-10-4(9)1-2-11/h11H,1-3H2. The first-order valence-corrected chi connectivity index (χ1v) is 4.55. The van der Waals surface area contributed by atoms with Gasteiger partial charge in [0.2, 0.25) is 3.79 Å².